The lowest BCUT2D eigenvalue weighted by atomic mass is 10.1. The molecule has 0 bridgehead atoms. The molecule has 1 unspecified atom stereocenters. The van der Waals surface area contributed by atoms with E-state index in [0.29, 0.717) is 6.61 Å². The highest BCUT2D eigenvalue weighted by Crippen LogP contribution is 2.09. The number of aliphatic hydroxyl groups is 1. The molecule has 1 aliphatic rings. The Bertz CT molecular complexity index is 364. The maximum Gasteiger partial charge on any atom is 0.309 e. The summed E-state index contributed by atoms with van der Waals surface area (Å²) < 4.78 is 5.11. The second-order valence-electron chi connectivity index (χ2n) is 4.67. The number of allylic oxidation sites excluding steroid dienone is 2. The Morgan fingerprint density at radius 2 is 2.00 bits per heavy atom. The average Bonchev–Trinajstić information content (AvgIpc) is 2.34. The van der Waals surface area contributed by atoms with E-state index in [0.717, 1.165) is 30.4 Å². The summed E-state index contributed by atoms with van der Waals surface area (Å²) in [7, 11) is 0. The van der Waals surface area contributed by atoms with Gasteiger partial charge >= 0.3 is 5.97 Å². The zero-order valence-electron chi connectivity index (χ0n) is 11.2. The predicted octanol–water partition coefficient (Wildman–Crippen LogP) is 2.91. The van der Waals surface area contributed by atoms with Gasteiger partial charge in [0.15, 0.2) is 0 Å². The number of cyclic esters (lactones) is 1. The molecule has 1 heterocycles. The molecule has 0 aromatic heterocycles. The third kappa shape index (κ3) is 5.82. The van der Waals surface area contributed by atoms with Crippen molar-refractivity contribution < 1.29 is 14.6 Å². The zero-order chi connectivity index (χ0) is 13.4. The molecule has 3 heteroatoms. The van der Waals surface area contributed by atoms with Crippen molar-refractivity contribution in [3.05, 3.63) is 35.5 Å². The fraction of sp³-hybridized carbons (Fsp3) is 0.533. The summed E-state index contributed by atoms with van der Waals surface area (Å²) in [5.74, 6) is -0.259. The molecule has 0 aromatic carbocycles. The molecule has 0 aromatic rings. The van der Waals surface area contributed by atoms with Crippen LogP contribution in [0.3, 0.4) is 0 Å². The van der Waals surface area contributed by atoms with Gasteiger partial charge in [-0.1, -0.05) is 24.3 Å². The minimum atomic E-state index is -0.599. The van der Waals surface area contributed by atoms with Crippen LogP contribution in [-0.4, -0.2) is 23.8 Å². The number of aliphatic hydroxyl groups excluding tert-OH is 1. The summed E-state index contributed by atoms with van der Waals surface area (Å²) in [6, 6.07) is 0. The lowest BCUT2D eigenvalue weighted by Crippen LogP contribution is -2.07. The van der Waals surface area contributed by atoms with Gasteiger partial charge in [-0.3, -0.25) is 4.79 Å². The summed E-state index contributed by atoms with van der Waals surface area (Å²) in [5.41, 5.74) is 2.02. The molecule has 0 spiro atoms. The minimum absolute atomic E-state index is 0.206. The van der Waals surface area contributed by atoms with E-state index in [9.17, 15) is 9.90 Å². The Labute approximate surface area is 109 Å². The minimum Gasteiger partial charge on any atom is -0.461 e. The number of esters is 1. The monoisotopic (exact) mass is 250 g/mol. The molecule has 0 fully saturated rings. The molecule has 1 atom stereocenters. The van der Waals surface area contributed by atoms with Crippen LogP contribution in [0.1, 0.15) is 39.5 Å². The van der Waals surface area contributed by atoms with Gasteiger partial charge in [0.05, 0.1) is 12.5 Å². The molecule has 0 saturated heterocycles. The number of hydrogen-bond acceptors (Lipinski definition) is 3. The first kappa shape index (κ1) is 14.7. The third-order valence-electron chi connectivity index (χ3n) is 2.90. The summed E-state index contributed by atoms with van der Waals surface area (Å²) in [6.07, 6.45) is 10.0. The van der Waals surface area contributed by atoms with E-state index in [4.69, 9.17) is 4.74 Å². The number of carbonyl (C=O) groups is 1. The molecule has 3 nitrogen and oxygen atoms in total. The quantitative estimate of drug-likeness (QED) is 0.531. The lowest BCUT2D eigenvalue weighted by molar-refractivity contribution is -0.141. The Kier molecular flexibility index (Phi) is 6.44. The molecular weight excluding hydrogens is 228 g/mol. The van der Waals surface area contributed by atoms with E-state index in [1.165, 1.54) is 0 Å². The second kappa shape index (κ2) is 7.88. The van der Waals surface area contributed by atoms with Crippen LogP contribution in [0.4, 0.5) is 0 Å². The van der Waals surface area contributed by atoms with E-state index in [-0.39, 0.29) is 12.4 Å². The number of hydrogen-bond donors (Lipinski definition) is 1. The summed E-state index contributed by atoms with van der Waals surface area (Å²) in [4.78, 5) is 11.4. The summed E-state index contributed by atoms with van der Waals surface area (Å²) in [5, 5.41) is 9.80. The molecule has 1 rings (SSSR count). The van der Waals surface area contributed by atoms with Gasteiger partial charge in [-0.15, -0.1) is 0 Å². The van der Waals surface area contributed by atoms with Crippen LogP contribution in [0.5, 0.6) is 0 Å². The van der Waals surface area contributed by atoms with Crippen molar-refractivity contribution in [2.24, 2.45) is 0 Å². The summed E-state index contributed by atoms with van der Waals surface area (Å²) in [6.45, 7) is 4.24. The van der Waals surface area contributed by atoms with Crippen LogP contribution in [0.15, 0.2) is 35.5 Å². The molecule has 0 radical (unpaired) electrons. The first-order valence-corrected chi connectivity index (χ1v) is 6.42. The summed E-state index contributed by atoms with van der Waals surface area (Å²) >= 11 is 0. The van der Waals surface area contributed by atoms with Crippen LogP contribution in [0, 0.1) is 0 Å². The Morgan fingerprint density at radius 3 is 2.78 bits per heavy atom. The number of ether oxygens (including phenoxy) is 1. The van der Waals surface area contributed by atoms with Crippen LogP contribution in [0.2, 0.25) is 0 Å². The van der Waals surface area contributed by atoms with Crippen LogP contribution in [0.25, 0.3) is 0 Å². The highest BCUT2D eigenvalue weighted by molar-refractivity contribution is 5.71. The number of rotatable bonds is 0. The van der Waals surface area contributed by atoms with E-state index in [1.54, 1.807) is 12.2 Å². The van der Waals surface area contributed by atoms with E-state index in [2.05, 4.69) is 12.2 Å². The van der Waals surface area contributed by atoms with Gasteiger partial charge in [0.2, 0.25) is 0 Å². The molecule has 0 aliphatic carbocycles. The first-order chi connectivity index (χ1) is 8.59. The second-order valence-corrected chi connectivity index (χ2v) is 4.67. The van der Waals surface area contributed by atoms with Crippen molar-refractivity contribution in [3.63, 3.8) is 0 Å². The van der Waals surface area contributed by atoms with Crippen molar-refractivity contribution in [1.82, 2.24) is 0 Å². The maximum atomic E-state index is 11.4. The smallest absolute Gasteiger partial charge is 0.309 e. The maximum absolute atomic E-state index is 11.4. The highest BCUT2D eigenvalue weighted by atomic mass is 16.5. The van der Waals surface area contributed by atoms with Gasteiger partial charge in [-0.25, -0.2) is 0 Å². The molecule has 100 valence electrons. The topological polar surface area (TPSA) is 46.5 Å². The fourth-order valence-electron chi connectivity index (χ4n) is 1.67. The molecular formula is C15H22O3. The van der Waals surface area contributed by atoms with Gasteiger partial charge in [-0.05, 0) is 44.3 Å². The van der Waals surface area contributed by atoms with Crippen LogP contribution in [-0.2, 0) is 9.53 Å². The van der Waals surface area contributed by atoms with E-state index >= 15 is 0 Å². The first-order valence-electron chi connectivity index (χ1n) is 6.42. The zero-order valence-corrected chi connectivity index (χ0v) is 11.2. The van der Waals surface area contributed by atoms with E-state index in [1.807, 2.05) is 13.8 Å². The Hall–Kier alpha value is -1.35. The largest absolute Gasteiger partial charge is 0.461 e. The van der Waals surface area contributed by atoms with Crippen LogP contribution >= 0.6 is 0 Å². The highest BCUT2D eigenvalue weighted by Gasteiger charge is 2.04. The van der Waals surface area contributed by atoms with Crippen LogP contribution < -0.4 is 0 Å². The van der Waals surface area contributed by atoms with Gasteiger partial charge in [0.25, 0.3) is 0 Å². The molecule has 1 aliphatic heterocycles. The van der Waals surface area contributed by atoms with Gasteiger partial charge in [0, 0.05) is 0 Å². The lowest BCUT2D eigenvalue weighted by Gasteiger charge is -2.08. The average molecular weight is 250 g/mol. The Morgan fingerprint density at radius 1 is 1.28 bits per heavy atom. The van der Waals surface area contributed by atoms with Gasteiger partial charge < -0.3 is 9.84 Å². The normalized spacial score (nSPS) is 31.3. The Balaban J connectivity index is 2.68. The van der Waals surface area contributed by atoms with E-state index < -0.39 is 6.10 Å². The van der Waals surface area contributed by atoms with Crippen molar-refractivity contribution in [2.75, 3.05) is 6.61 Å². The van der Waals surface area contributed by atoms with Crippen molar-refractivity contribution in [1.29, 1.82) is 0 Å². The fourth-order valence-corrected chi connectivity index (χ4v) is 1.67. The van der Waals surface area contributed by atoms with Gasteiger partial charge in [-0.2, -0.15) is 0 Å². The standard InChI is InChI=1S/C15H22O3/c1-12-7-4-3-5-8-13(2)14(16)9-6-10-15(17)18-11-12/h6-9,14,16H,3-5,10-11H2,1-2H3/b9-6+,12-7+,13-8+. The molecule has 18 heavy (non-hydrogen) atoms. The van der Waals surface area contributed by atoms with Crippen molar-refractivity contribution in [3.8, 4) is 0 Å². The SMILES string of the molecule is C/C1=C\CCC/C=C(\C)C(O)/C=C/CC(=O)OC1. The number of carbonyl (C=O) groups excluding carboxylic acids is 1. The molecule has 0 saturated carbocycles. The molecule has 1 N–H and O–H groups in total. The molecule has 0 amide bonds. The van der Waals surface area contributed by atoms with Crippen molar-refractivity contribution >= 4 is 5.97 Å². The third-order valence-corrected chi connectivity index (χ3v) is 2.90. The van der Waals surface area contributed by atoms with Gasteiger partial charge in [0.1, 0.15) is 6.61 Å². The van der Waals surface area contributed by atoms with Crippen molar-refractivity contribution in [2.45, 2.75) is 45.6 Å². The predicted molar refractivity (Wildman–Crippen MR) is 72.1 cm³/mol.